The fraction of sp³-hybridized carbons (Fsp3) is 0.917. The van der Waals surface area contributed by atoms with Crippen LogP contribution in [0.3, 0.4) is 0 Å². The largest absolute Gasteiger partial charge is 0.385 e. The van der Waals surface area contributed by atoms with Crippen LogP contribution in [0.15, 0.2) is 0 Å². The topological polar surface area (TPSA) is 73.6 Å². The molecule has 0 saturated heterocycles. The predicted molar refractivity (Wildman–Crippen MR) is 65.6 cm³/mol. The average molecular weight is 244 g/mol. The van der Waals surface area contributed by atoms with Gasteiger partial charge in [0.05, 0.1) is 12.5 Å². The molecule has 1 saturated carbocycles. The number of hydrogen-bond acceptors (Lipinski definition) is 4. The molecule has 5 heteroatoms. The molecule has 17 heavy (non-hydrogen) atoms. The lowest BCUT2D eigenvalue weighted by atomic mass is 10.0. The Bertz CT molecular complexity index is 238. The van der Waals surface area contributed by atoms with Gasteiger partial charge in [0.25, 0.3) is 0 Å². The van der Waals surface area contributed by atoms with E-state index >= 15 is 0 Å². The molecular weight excluding hydrogens is 220 g/mol. The third-order valence-electron chi connectivity index (χ3n) is 3.46. The lowest BCUT2D eigenvalue weighted by molar-refractivity contribution is -0.123. The number of ether oxygens (including phenoxy) is 2. The summed E-state index contributed by atoms with van der Waals surface area (Å²) in [5.41, 5.74) is 5.76. The highest BCUT2D eigenvalue weighted by Gasteiger charge is 2.42. The SMILES string of the molecule is COCCC1(CNC(=O)CC(CN)OC)CC1. The second kappa shape index (κ2) is 6.93. The molecule has 0 aromatic heterocycles. The van der Waals surface area contributed by atoms with E-state index in [-0.39, 0.29) is 17.4 Å². The smallest absolute Gasteiger partial charge is 0.222 e. The second-order valence-corrected chi connectivity index (χ2v) is 4.82. The molecule has 1 unspecified atom stereocenters. The van der Waals surface area contributed by atoms with Crippen molar-refractivity contribution in [1.82, 2.24) is 5.32 Å². The highest BCUT2D eigenvalue weighted by Crippen LogP contribution is 2.48. The van der Waals surface area contributed by atoms with Crippen LogP contribution in [0.4, 0.5) is 0 Å². The van der Waals surface area contributed by atoms with Gasteiger partial charge in [0.15, 0.2) is 0 Å². The molecule has 1 aliphatic rings. The van der Waals surface area contributed by atoms with Gasteiger partial charge in [-0.25, -0.2) is 0 Å². The summed E-state index contributed by atoms with van der Waals surface area (Å²) >= 11 is 0. The first-order valence-corrected chi connectivity index (χ1v) is 6.14. The molecule has 5 nitrogen and oxygen atoms in total. The molecule has 1 fully saturated rings. The van der Waals surface area contributed by atoms with E-state index in [4.69, 9.17) is 15.2 Å². The summed E-state index contributed by atoms with van der Waals surface area (Å²) in [7, 11) is 3.28. The van der Waals surface area contributed by atoms with Crippen molar-refractivity contribution in [3.05, 3.63) is 0 Å². The zero-order chi connectivity index (χ0) is 12.7. The summed E-state index contributed by atoms with van der Waals surface area (Å²) in [6.07, 6.45) is 3.55. The molecule has 0 aromatic carbocycles. The summed E-state index contributed by atoms with van der Waals surface area (Å²) in [4.78, 5) is 11.6. The van der Waals surface area contributed by atoms with E-state index in [1.165, 1.54) is 12.8 Å². The van der Waals surface area contributed by atoms with Crippen molar-refractivity contribution in [2.24, 2.45) is 11.1 Å². The summed E-state index contributed by atoms with van der Waals surface area (Å²) in [5, 5.41) is 2.96. The third kappa shape index (κ3) is 5.02. The minimum atomic E-state index is -0.177. The molecular formula is C12H24N2O3. The maximum Gasteiger partial charge on any atom is 0.222 e. The van der Waals surface area contributed by atoms with Gasteiger partial charge in [-0.1, -0.05) is 0 Å². The van der Waals surface area contributed by atoms with Gasteiger partial charge in [-0.05, 0) is 24.7 Å². The van der Waals surface area contributed by atoms with Crippen LogP contribution in [0.1, 0.15) is 25.7 Å². The summed E-state index contributed by atoms with van der Waals surface area (Å²) in [5.74, 6) is 0.0194. The molecule has 0 heterocycles. The Morgan fingerprint density at radius 2 is 2.18 bits per heavy atom. The van der Waals surface area contributed by atoms with E-state index in [1.54, 1.807) is 14.2 Å². The Morgan fingerprint density at radius 3 is 2.65 bits per heavy atom. The van der Waals surface area contributed by atoms with Gasteiger partial charge in [0.2, 0.25) is 5.91 Å². The number of rotatable bonds is 9. The molecule has 0 aliphatic heterocycles. The van der Waals surface area contributed by atoms with E-state index < -0.39 is 0 Å². The van der Waals surface area contributed by atoms with Crippen molar-refractivity contribution in [2.45, 2.75) is 31.8 Å². The van der Waals surface area contributed by atoms with Crippen LogP contribution in [0.2, 0.25) is 0 Å². The van der Waals surface area contributed by atoms with E-state index in [0.717, 1.165) is 19.6 Å². The Morgan fingerprint density at radius 1 is 1.47 bits per heavy atom. The first-order valence-electron chi connectivity index (χ1n) is 6.14. The van der Waals surface area contributed by atoms with Crippen molar-refractivity contribution in [3.63, 3.8) is 0 Å². The molecule has 1 aliphatic carbocycles. The van der Waals surface area contributed by atoms with Crippen LogP contribution in [0.5, 0.6) is 0 Å². The van der Waals surface area contributed by atoms with Crippen molar-refractivity contribution in [3.8, 4) is 0 Å². The maximum atomic E-state index is 11.6. The fourth-order valence-electron chi connectivity index (χ4n) is 1.84. The molecule has 100 valence electrons. The van der Waals surface area contributed by atoms with Crippen LogP contribution in [-0.2, 0) is 14.3 Å². The highest BCUT2D eigenvalue weighted by atomic mass is 16.5. The van der Waals surface area contributed by atoms with Crippen LogP contribution in [0, 0.1) is 5.41 Å². The number of carbonyl (C=O) groups is 1. The minimum Gasteiger partial charge on any atom is -0.385 e. The van der Waals surface area contributed by atoms with E-state index in [9.17, 15) is 4.79 Å². The molecule has 1 atom stereocenters. The molecule has 1 rings (SSSR count). The van der Waals surface area contributed by atoms with Crippen molar-refractivity contribution >= 4 is 5.91 Å². The lowest BCUT2D eigenvalue weighted by Gasteiger charge is -2.17. The van der Waals surface area contributed by atoms with Crippen LogP contribution >= 0.6 is 0 Å². The van der Waals surface area contributed by atoms with Crippen molar-refractivity contribution in [1.29, 1.82) is 0 Å². The molecule has 1 amide bonds. The number of carbonyl (C=O) groups excluding carboxylic acids is 1. The van der Waals surface area contributed by atoms with Gasteiger partial charge < -0.3 is 20.5 Å². The second-order valence-electron chi connectivity index (χ2n) is 4.82. The fourth-order valence-corrected chi connectivity index (χ4v) is 1.84. The van der Waals surface area contributed by atoms with Crippen molar-refractivity contribution in [2.75, 3.05) is 33.9 Å². The van der Waals surface area contributed by atoms with Gasteiger partial charge in [-0.2, -0.15) is 0 Å². The van der Waals surface area contributed by atoms with Crippen LogP contribution < -0.4 is 11.1 Å². The highest BCUT2D eigenvalue weighted by molar-refractivity contribution is 5.76. The summed E-state index contributed by atoms with van der Waals surface area (Å²) < 4.78 is 10.2. The standard InChI is InChI=1S/C12H24N2O3/c1-16-6-5-12(3-4-12)9-14-11(15)7-10(8-13)17-2/h10H,3-9,13H2,1-2H3,(H,14,15). The predicted octanol–water partition coefficient (Wildman–Crippen LogP) is 0.283. The lowest BCUT2D eigenvalue weighted by Crippen LogP contribution is -2.35. The average Bonchev–Trinajstić information content (AvgIpc) is 3.11. The first-order chi connectivity index (χ1) is 8.15. The number of nitrogens with two attached hydrogens (primary N) is 1. The van der Waals surface area contributed by atoms with E-state index in [2.05, 4.69) is 5.32 Å². The molecule has 0 bridgehead atoms. The maximum absolute atomic E-state index is 11.6. The number of amides is 1. The van der Waals surface area contributed by atoms with E-state index in [0.29, 0.717) is 13.0 Å². The quantitative estimate of drug-likeness (QED) is 0.611. The molecule has 0 spiro atoms. The molecule has 0 radical (unpaired) electrons. The van der Waals surface area contributed by atoms with Gasteiger partial charge in [0.1, 0.15) is 0 Å². The number of hydrogen-bond donors (Lipinski definition) is 2. The Hall–Kier alpha value is -0.650. The van der Waals surface area contributed by atoms with E-state index in [1.807, 2.05) is 0 Å². The Labute approximate surface area is 103 Å². The van der Waals surface area contributed by atoms with Gasteiger partial charge in [-0.3, -0.25) is 4.79 Å². The number of methoxy groups -OCH3 is 2. The third-order valence-corrected chi connectivity index (χ3v) is 3.46. The van der Waals surface area contributed by atoms with Crippen LogP contribution in [-0.4, -0.2) is 45.9 Å². The monoisotopic (exact) mass is 244 g/mol. The Balaban J connectivity index is 2.19. The first kappa shape index (κ1) is 14.4. The minimum absolute atomic E-state index is 0.0194. The molecule has 3 N–H and O–H groups in total. The zero-order valence-corrected chi connectivity index (χ0v) is 10.8. The van der Waals surface area contributed by atoms with Gasteiger partial charge in [-0.15, -0.1) is 0 Å². The van der Waals surface area contributed by atoms with Gasteiger partial charge in [0, 0.05) is 33.9 Å². The Kier molecular flexibility index (Phi) is 5.88. The molecule has 0 aromatic rings. The van der Waals surface area contributed by atoms with Crippen LogP contribution in [0.25, 0.3) is 0 Å². The number of nitrogens with one attached hydrogen (secondary N) is 1. The summed E-state index contributed by atoms with van der Waals surface area (Å²) in [6.45, 7) is 1.88. The zero-order valence-electron chi connectivity index (χ0n) is 10.8. The van der Waals surface area contributed by atoms with Crippen molar-refractivity contribution < 1.29 is 14.3 Å². The summed E-state index contributed by atoms with van der Waals surface area (Å²) in [6, 6.07) is 0. The van der Waals surface area contributed by atoms with Gasteiger partial charge >= 0.3 is 0 Å². The normalized spacial score (nSPS) is 18.8.